The van der Waals surface area contributed by atoms with Crippen molar-refractivity contribution in [3.05, 3.63) is 0 Å². The van der Waals surface area contributed by atoms with Crippen LogP contribution in [0.2, 0.25) is 0 Å². The van der Waals surface area contributed by atoms with Crippen molar-refractivity contribution in [2.75, 3.05) is 34.1 Å². The lowest BCUT2D eigenvalue weighted by Crippen LogP contribution is -2.13. The molecule has 0 aromatic rings. The van der Waals surface area contributed by atoms with Crippen molar-refractivity contribution in [1.29, 1.82) is 0 Å². The van der Waals surface area contributed by atoms with E-state index < -0.39 is 7.60 Å². The maximum Gasteiger partial charge on any atom is 0.327 e. The molecule has 0 saturated heterocycles. The molecular formula is C6H13O5P. The summed E-state index contributed by atoms with van der Waals surface area (Å²) in [6, 6.07) is 0. The van der Waals surface area contributed by atoms with Crippen LogP contribution >= 0.6 is 7.60 Å². The number of rotatable bonds is 6. The molecule has 0 bridgehead atoms. The number of hydrogen-bond acceptors (Lipinski definition) is 5. The lowest BCUT2D eigenvalue weighted by Gasteiger charge is -2.09. The van der Waals surface area contributed by atoms with Gasteiger partial charge in [-0.2, -0.15) is 0 Å². The van der Waals surface area contributed by atoms with E-state index in [2.05, 4.69) is 9.26 Å². The molecule has 0 fully saturated rings. The molecule has 0 aromatic carbocycles. The van der Waals surface area contributed by atoms with E-state index in [9.17, 15) is 9.36 Å². The monoisotopic (exact) mass is 196 g/mol. The Hall–Kier alpha value is -0.220. The maximum absolute atomic E-state index is 11.1. The number of ketones is 1. The molecule has 0 radical (unpaired) electrons. The minimum Gasteiger partial charge on any atom is -0.377 e. The molecule has 0 heterocycles. The Kier molecular flexibility index (Phi) is 5.33. The molecule has 0 aliphatic rings. The maximum atomic E-state index is 11.1. The first-order chi connectivity index (χ1) is 5.52. The van der Waals surface area contributed by atoms with Gasteiger partial charge in [0.1, 0.15) is 13.2 Å². The first-order valence-corrected chi connectivity index (χ1v) is 5.29. The quantitative estimate of drug-likeness (QED) is 0.585. The average Bonchev–Trinajstić information content (AvgIpc) is 2.02. The molecular weight excluding hydrogens is 183 g/mol. The second kappa shape index (κ2) is 5.43. The van der Waals surface area contributed by atoms with Crippen LogP contribution in [0.4, 0.5) is 0 Å². The van der Waals surface area contributed by atoms with E-state index in [1.807, 2.05) is 0 Å². The Labute approximate surface area is 71.5 Å². The molecule has 0 amide bonds. The third-order valence-corrected chi connectivity index (χ3v) is 2.36. The summed E-state index contributed by atoms with van der Waals surface area (Å²) in [6.07, 6.45) is 0. The van der Waals surface area contributed by atoms with Crippen molar-refractivity contribution in [1.82, 2.24) is 0 Å². The lowest BCUT2D eigenvalue weighted by atomic mass is 10.5. The van der Waals surface area contributed by atoms with Gasteiger partial charge >= 0.3 is 7.60 Å². The van der Waals surface area contributed by atoms with Gasteiger partial charge in [0, 0.05) is 20.9 Å². The van der Waals surface area contributed by atoms with Crippen molar-refractivity contribution < 1.29 is 23.1 Å². The van der Waals surface area contributed by atoms with Crippen LogP contribution in [0.5, 0.6) is 0 Å². The zero-order chi connectivity index (χ0) is 9.61. The number of methoxy groups -OCH3 is 1. The van der Waals surface area contributed by atoms with E-state index in [1.165, 1.54) is 20.9 Å². The van der Waals surface area contributed by atoms with Gasteiger partial charge in [-0.05, 0) is 0 Å². The van der Waals surface area contributed by atoms with Gasteiger partial charge in [-0.25, -0.2) is 0 Å². The van der Waals surface area contributed by atoms with E-state index in [0.717, 1.165) is 0 Å². The highest BCUT2D eigenvalue weighted by atomic mass is 31.2. The van der Waals surface area contributed by atoms with E-state index >= 15 is 0 Å². The summed E-state index contributed by atoms with van der Waals surface area (Å²) in [6.45, 7) is 1.02. The first kappa shape index (κ1) is 11.8. The summed E-state index contributed by atoms with van der Waals surface area (Å²) in [5.74, 6) is -0.267. The minimum absolute atomic E-state index is 0.0380. The van der Waals surface area contributed by atoms with Gasteiger partial charge in [0.15, 0.2) is 5.78 Å². The summed E-state index contributed by atoms with van der Waals surface area (Å²) in [4.78, 5) is 10.8. The smallest absolute Gasteiger partial charge is 0.327 e. The van der Waals surface area contributed by atoms with E-state index in [-0.39, 0.29) is 19.0 Å². The molecule has 1 atom stereocenters. The summed E-state index contributed by atoms with van der Waals surface area (Å²) < 4.78 is 24.8. The van der Waals surface area contributed by atoms with Gasteiger partial charge < -0.3 is 13.8 Å². The van der Waals surface area contributed by atoms with Gasteiger partial charge in [0.05, 0.1) is 0 Å². The number of ether oxygens (including phenoxy) is 1. The summed E-state index contributed by atoms with van der Waals surface area (Å²) >= 11 is 0. The van der Waals surface area contributed by atoms with Crippen LogP contribution in [0, 0.1) is 0 Å². The van der Waals surface area contributed by atoms with Crippen LogP contribution in [0.1, 0.15) is 0 Å². The molecule has 72 valence electrons. The molecule has 5 nitrogen and oxygen atoms in total. The van der Waals surface area contributed by atoms with Gasteiger partial charge in [0.2, 0.25) is 0 Å². The number of hydrogen-bond donors (Lipinski definition) is 0. The van der Waals surface area contributed by atoms with E-state index in [4.69, 9.17) is 4.52 Å². The molecule has 0 aromatic heterocycles. The van der Waals surface area contributed by atoms with Crippen LogP contribution in [-0.4, -0.2) is 39.9 Å². The fourth-order valence-corrected chi connectivity index (χ4v) is 0.929. The Bertz CT molecular complexity index is 190. The zero-order valence-electron chi connectivity index (χ0n) is 7.40. The van der Waals surface area contributed by atoms with E-state index in [0.29, 0.717) is 0 Å². The first-order valence-electron chi connectivity index (χ1n) is 3.30. The highest BCUT2D eigenvalue weighted by molar-refractivity contribution is 7.52. The zero-order valence-corrected chi connectivity index (χ0v) is 8.30. The van der Waals surface area contributed by atoms with Gasteiger partial charge in [-0.1, -0.05) is 0 Å². The summed E-state index contributed by atoms with van der Waals surface area (Å²) in [5.41, 5.74) is 0. The molecule has 0 rings (SSSR count). The van der Waals surface area contributed by atoms with Crippen molar-refractivity contribution in [3.8, 4) is 0 Å². The molecule has 0 N–H and O–H groups in total. The van der Waals surface area contributed by atoms with Crippen LogP contribution in [-0.2, 0) is 23.1 Å². The second-order valence-electron chi connectivity index (χ2n) is 2.20. The molecule has 0 aliphatic carbocycles. The number of Topliss-reactive ketones (excluding diaryl/α,β-unsaturated/α-hetero) is 1. The second-order valence-corrected chi connectivity index (χ2v) is 4.37. The average molecular weight is 196 g/mol. The molecule has 0 spiro atoms. The molecule has 0 aliphatic heterocycles. The summed E-state index contributed by atoms with van der Waals surface area (Å²) in [5, 5.41) is 0. The molecule has 6 heteroatoms. The highest BCUT2D eigenvalue weighted by Crippen LogP contribution is 2.42. The predicted molar refractivity (Wildman–Crippen MR) is 43.4 cm³/mol. The van der Waals surface area contributed by atoms with Crippen molar-refractivity contribution >= 4 is 13.4 Å². The SMILES string of the molecule is COCC(=O)COP(C)(=O)OC. The molecule has 1 unspecified atom stereocenters. The van der Waals surface area contributed by atoms with Gasteiger partial charge in [0.25, 0.3) is 0 Å². The third-order valence-electron chi connectivity index (χ3n) is 1.10. The molecule has 0 saturated carbocycles. The number of carbonyl (C=O) groups is 1. The Morgan fingerprint density at radius 3 is 2.33 bits per heavy atom. The largest absolute Gasteiger partial charge is 0.377 e. The fourth-order valence-electron chi connectivity index (χ4n) is 0.445. The van der Waals surface area contributed by atoms with Gasteiger partial charge in [-0.15, -0.1) is 0 Å². The minimum atomic E-state index is -3.03. The van der Waals surface area contributed by atoms with Crippen LogP contribution in [0.3, 0.4) is 0 Å². The Morgan fingerprint density at radius 1 is 1.33 bits per heavy atom. The van der Waals surface area contributed by atoms with E-state index in [1.54, 1.807) is 0 Å². The van der Waals surface area contributed by atoms with Crippen LogP contribution in [0.25, 0.3) is 0 Å². The van der Waals surface area contributed by atoms with Crippen LogP contribution in [0.15, 0.2) is 0 Å². The predicted octanol–water partition coefficient (Wildman–Crippen LogP) is 0.688. The standard InChI is InChI=1S/C6H13O5P/c1-9-4-6(7)5-11-12(3,8)10-2/h4-5H2,1-3H3. The summed E-state index contributed by atoms with van der Waals surface area (Å²) in [7, 11) is -0.359. The third kappa shape index (κ3) is 5.43. The van der Waals surface area contributed by atoms with Crippen LogP contribution < -0.4 is 0 Å². The Balaban J connectivity index is 3.68. The van der Waals surface area contributed by atoms with Crippen molar-refractivity contribution in [2.24, 2.45) is 0 Å². The van der Waals surface area contributed by atoms with Gasteiger partial charge in [-0.3, -0.25) is 9.36 Å². The van der Waals surface area contributed by atoms with Crippen molar-refractivity contribution in [3.63, 3.8) is 0 Å². The molecule has 12 heavy (non-hydrogen) atoms. The fraction of sp³-hybridized carbons (Fsp3) is 0.833. The lowest BCUT2D eigenvalue weighted by molar-refractivity contribution is -0.124. The van der Waals surface area contributed by atoms with Crippen molar-refractivity contribution in [2.45, 2.75) is 0 Å². The Morgan fingerprint density at radius 2 is 1.92 bits per heavy atom. The highest BCUT2D eigenvalue weighted by Gasteiger charge is 2.15. The number of carbonyl (C=O) groups excluding carboxylic acids is 1. The topological polar surface area (TPSA) is 61.8 Å². The normalized spacial score (nSPS) is 15.6.